The molecule has 1 fully saturated rings. The van der Waals surface area contributed by atoms with Crippen molar-refractivity contribution >= 4 is 11.8 Å². The number of likely N-dealkylation sites (tertiary alicyclic amines) is 1. The molecular formula is C21H35N2O3+. The number of unbranched alkanes of at least 4 members (excludes halogenated alkanes) is 3. The van der Waals surface area contributed by atoms with Crippen molar-refractivity contribution in [1.29, 1.82) is 0 Å². The van der Waals surface area contributed by atoms with Crippen molar-refractivity contribution in [2.75, 3.05) is 26.2 Å². The van der Waals surface area contributed by atoms with Crippen LogP contribution in [0.5, 0.6) is 5.75 Å². The Kier molecular flexibility index (Phi) is 9.32. The minimum Gasteiger partial charge on any atom is -0.493 e. The van der Waals surface area contributed by atoms with Gasteiger partial charge < -0.3 is 14.6 Å². The Hall–Kier alpha value is -1.75. The summed E-state index contributed by atoms with van der Waals surface area (Å²) in [5, 5.41) is 10.1. The molecule has 5 heteroatoms. The summed E-state index contributed by atoms with van der Waals surface area (Å²) in [6.45, 7) is 8.00. The third kappa shape index (κ3) is 8.09. The zero-order chi connectivity index (χ0) is 18.6. The smallest absolute Gasteiger partial charge is 0.493 e. The first kappa shape index (κ1) is 20.6. The zero-order valence-electron chi connectivity index (χ0n) is 16.4. The van der Waals surface area contributed by atoms with Crippen LogP contribution < -0.4 is 9.73 Å². The Balaban J connectivity index is 1.78. The van der Waals surface area contributed by atoms with Crippen molar-refractivity contribution in [1.82, 2.24) is 4.90 Å². The van der Waals surface area contributed by atoms with Crippen LogP contribution in [0, 0.1) is 0 Å². The van der Waals surface area contributed by atoms with Crippen molar-refractivity contribution in [3.63, 3.8) is 0 Å². The van der Waals surface area contributed by atoms with Crippen LogP contribution in [0.25, 0.3) is 0 Å². The highest BCUT2D eigenvalue weighted by Crippen LogP contribution is 2.14. The van der Waals surface area contributed by atoms with E-state index in [1.807, 2.05) is 31.2 Å². The fraction of sp³-hybridized carbons (Fsp3) is 0.667. The zero-order valence-corrected chi connectivity index (χ0v) is 16.4. The molecule has 0 spiro atoms. The highest BCUT2D eigenvalue weighted by molar-refractivity contribution is 5.59. The summed E-state index contributed by atoms with van der Waals surface area (Å²) in [5.74, 6) is 0.806. The molecule has 0 radical (unpaired) electrons. The van der Waals surface area contributed by atoms with Crippen LogP contribution >= 0.6 is 0 Å². The first-order valence-corrected chi connectivity index (χ1v) is 10.1. The van der Waals surface area contributed by atoms with Crippen LogP contribution in [-0.4, -0.2) is 48.4 Å². The van der Waals surface area contributed by atoms with E-state index in [0.29, 0.717) is 0 Å². The second-order valence-electron chi connectivity index (χ2n) is 7.16. The number of rotatable bonds is 10. The average molecular weight is 364 g/mol. The Morgan fingerprint density at radius 1 is 1.19 bits per heavy atom. The Labute approximate surface area is 158 Å². The van der Waals surface area contributed by atoms with E-state index >= 15 is 0 Å². The molecule has 26 heavy (non-hydrogen) atoms. The molecule has 2 N–H and O–H groups in total. The molecule has 0 amide bonds. The van der Waals surface area contributed by atoms with Crippen LogP contribution in [-0.2, 0) is 4.74 Å². The molecule has 0 bridgehead atoms. The predicted octanol–water partition coefficient (Wildman–Crippen LogP) is 3.16. The number of aliphatic hydroxyl groups excluding tert-OH is 1. The summed E-state index contributed by atoms with van der Waals surface area (Å²) in [4.78, 5) is 5.31. The van der Waals surface area contributed by atoms with Gasteiger partial charge in [0.05, 0.1) is 12.7 Å². The molecule has 1 saturated heterocycles. The van der Waals surface area contributed by atoms with Gasteiger partial charge in [-0.15, -0.1) is 4.99 Å². The van der Waals surface area contributed by atoms with Crippen LogP contribution in [0.4, 0.5) is 5.69 Å². The Morgan fingerprint density at radius 3 is 2.77 bits per heavy atom. The maximum atomic E-state index is 10.1. The van der Waals surface area contributed by atoms with E-state index in [-0.39, 0.29) is 12.2 Å². The lowest BCUT2D eigenvalue weighted by molar-refractivity contribution is -0.383. The third-order valence-corrected chi connectivity index (χ3v) is 4.63. The molecule has 0 unspecified atom stereocenters. The first-order valence-electron chi connectivity index (χ1n) is 10.1. The SMILES string of the molecule is CCCCCCOc1cccc([NH+]=C(O)O[C@H](C)CN2CCCCC2)c1. The third-order valence-electron chi connectivity index (χ3n) is 4.63. The summed E-state index contributed by atoms with van der Waals surface area (Å²) < 4.78 is 11.4. The quantitative estimate of drug-likeness (QED) is 0.381. The number of nitrogens with zero attached hydrogens (tertiary/aromatic N) is 1. The van der Waals surface area contributed by atoms with Gasteiger partial charge in [-0.1, -0.05) is 38.7 Å². The molecule has 1 heterocycles. The van der Waals surface area contributed by atoms with Gasteiger partial charge in [0, 0.05) is 12.6 Å². The van der Waals surface area contributed by atoms with E-state index in [9.17, 15) is 5.11 Å². The van der Waals surface area contributed by atoms with Gasteiger partial charge in [-0.25, -0.2) is 0 Å². The minimum atomic E-state index is -0.158. The number of nitrogens with one attached hydrogen (secondary N) is 1. The molecule has 0 aliphatic carbocycles. The van der Waals surface area contributed by atoms with Gasteiger partial charge in [0.2, 0.25) is 5.69 Å². The lowest BCUT2D eigenvalue weighted by Crippen LogP contribution is -2.67. The highest BCUT2D eigenvalue weighted by Gasteiger charge is 2.17. The number of ether oxygens (including phenoxy) is 2. The van der Waals surface area contributed by atoms with Crippen LogP contribution in [0.15, 0.2) is 24.3 Å². The number of hydrogen-bond acceptors (Lipinski definition) is 3. The monoisotopic (exact) mass is 363 g/mol. The second kappa shape index (κ2) is 11.8. The predicted molar refractivity (Wildman–Crippen MR) is 105 cm³/mol. The molecule has 1 aliphatic rings. The molecular weight excluding hydrogens is 328 g/mol. The van der Waals surface area contributed by atoms with Gasteiger partial charge in [0.15, 0.2) is 0 Å². The maximum absolute atomic E-state index is 10.1. The Bertz CT molecular complexity index is 542. The molecule has 1 aromatic carbocycles. The normalized spacial score (nSPS) is 17.1. The summed E-state index contributed by atoms with van der Waals surface area (Å²) in [6.07, 6.45) is 8.37. The van der Waals surface area contributed by atoms with Crippen molar-refractivity contribution in [2.45, 2.75) is 64.9 Å². The van der Waals surface area contributed by atoms with E-state index in [4.69, 9.17) is 9.47 Å². The van der Waals surface area contributed by atoms with Crippen molar-refractivity contribution in [3.8, 4) is 5.75 Å². The van der Waals surface area contributed by atoms with Crippen LogP contribution in [0.2, 0.25) is 0 Å². The number of hydrogen-bond donors (Lipinski definition) is 2. The second-order valence-corrected chi connectivity index (χ2v) is 7.16. The maximum Gasteiger partial charge on any atom is 0.551 e. The molecule has 1 aromatic rings. The number of benzene rings is 1. The lowest BCUT2D eigenvalue weighted by atomic mass is 10.1. The lowest BCUT2D eigenvalue weighted by Gasteiger charge is -2.28. The molecule has 2 rings (SSSR count). The van der Waals surface area contributed by atoms with E-state index in [0.717, 1.165) is 44.1 Å². The molecule has 0 aromatic heterocycles. The minimum absolute atomic E-state index is 0.0569. The summed E-state index contributed by atoms with van der Waals surface area (Å²) >= 11 is 0. The van der Waals surface area contributed by atoms with Crippen LogP contribution in [0.1, 0.15) is 58.8 Å². The topological polar surface area (TPSA) is 55.9 Å². The standard InChI is InChI=1S/C21H34N2O3/c1-3-4-5-9-15-25-20-12-10-11-19(16-20)22-21(24)26-18(2)17-23-13-7-6-8-14-23/h10-12,16,18H,3-9,13-15,17H2,1-2H3,(H,22,24)/p+1/t18-/m1/s1. The van der Waals surface area contributed by atoms with Crippen molar-refractivity contribution in [2.24, 2.45) is 0 Å². The van der Waals surface area contributed by atoms with Gasteiger partial charge >= 0.3 is 6.08 Å². The molecule has 1 aliphatic heterocycles. The van der Waals surface area contributed by atoms with E-state index in [1.165, 1.54) is 38.5 Å². The fourth-order valence-corrected chi connectivity index (χ4v) is 3.27. The van der Waals surface area contributed by atoms with E-state index in [1.54, 1.807) is 0 Å². The fourth-order valence-electron chi connectivity index (χ4n) is 3.27. The van der Waals surface area contributed by atoms with Crippen molar-refractivity contribution < 1.29 is 19.6 Å². The van der Waals surface area contributed by atoms with Gasteiger partial charge in [-0.05, 0) is 45.3 Å². The van der Waals surface area contributed by atoms with Crippen molar-refractivity contribution in [3.05, 3.63) is 24.3 Å². The largest absolute Gasteiger partial charge is 0.551 e. The number of aliphatic hydroxyl groups is 1. The van der Waals surface area contributed by atoms with E-state index in [2.05, 4.69) is 16.8 Å². The summed E-state index contributed by atoms with van der Waals surface area (Å²) in [6, 6.07) is 7.61. The van der Waals surface area contributed by atoms with Gasteiger partial charge in [-0.3, -0.25) is 4.90 Å². The Morgan fingerprint density at radius 2 is 2.00 bits per heavy atom. The number of piperidine rings is 1. The van der Waals surface area contributed by atoms with Gasteiger partial charge in [0.25, 0.3) is 0 Å². The van der Waals surface area contributed by atoms with Gasteiger partial charge in [0.1, 0.15) is 11.9 Å². The molecule has 1 atom stereocenters. The van der Waals surface area contributed by atoms with E-state index < -0.39 is 0 Å². The highest BCUT2D eigenvalue weighted by atomic mass is 16.6. The molecule has 5 nitrogen and oxygen atoms in total. The first-order chi connectivity index (χ1) is 12.7. The molecule has 146 valence electrons. The van der Waals surface area contributed by atoms with Gasteiger partial charge in [-0.2, -0.15) is 0 Å². The summed E-state index contributed by atoms with van der Waals surface area (Å²) in [7, 11) is 0. The summed E-state index contributed by atoms with van der Waals surface area (Å²) in [5.41, 5.74) is 0.763. The molecule has 0 saturated carbocycles. The average Bonchev–Trinajstić information content (AvgIpc) is 2.62. The van der Waals surface area contributed by atoms with Crippen LogP contribution in [0.3, 0.4) is 0 Å².